The molecule has 0 amide bonds. The topological polar surface area (TPSA) is 69.8 Å². The number of pyridine rings is 1. The molecule has 8 heteroatoms. The number of aryl methyl sites for hydroxylation is 2. The van der Waals surface area contributed by atoms with E-state index in [0.717, 1.165) is 92.9 Å². The quantitative estimate of drug-likeness (QED) is 0.452. The summed E-state index contributed by atoms with van der Waals surface area (Å²) in [7, 11) is 0. The Bertz CT molecular complexity index is 1010. The standard InChI is InChI=1S/C25H36N4O3S/c1-18-13-19(2)22-15-20(24(30)27-23(22)14-18)16-29(17-21-5-3-10-32-21)25(33)26-6-4-7-28-8-11-31-12-9-28/h13-15,21H,3-12,16-17H2,1-2H3,(H,26,33)(H,27,30). The number of thiocarbonyl (C=S) groups is 1. The Labute approximate surface area is 201 Å². The Kier molecular flexibility index (Phi) is 8.35. The van der Waals surface area contributed by atoms with E-state index in [9.17, 15) is 4.79 Å². The summed E-state index contributed by atoms with van der Waals surface area (Å²) in [6.45, 7) is 11.6. The second-order valence-corrected chi connectivity index (χ2v) is 9.61. The number of aromatic amines is 1. The normalized spacial score (nSPS) is 19.2. The summed E-state index contributed by atoms with van der Waals surface area (Å²) in [4.78, 5) is 20.5. The maximum absolute atomic E-state index is 12.9. The zero-order valence-electron chi connectivity index (χ0n) is 19.8. The lowest BCUT2D eigenvalue weighted by Gasteiger charge is -2.29. The summed E-state index contributed by atoms with van der Waals surface area (Å²) in [5, 5.41) is 5.19. The van der Waals surface area contributed by atoms with Gasteiger partial charge in [0.05, 0.1) is 25.9 Å². The van der Waals surface area contributed by atoms with E-state index < -0.39 is 0 Å². The number of nitrogens with zero attached hydrogens (tertiary/aromatic N) is 2. The molecule has 7 nitrogen and oxygen atoms in total. The molecule has 2 aliphatic rings. The average molecular weight is 473 g/mol. The molecule has 2 N–H and O–H groups in total. The molecule has 1 unspecified atom stereocenters. The number of H-pyrrole nitrogens is 1. The molecule has 2 aromatic rings. The summed E-state index contributed by atoms with van der Waals surface area (Å²) in [6, 6.07) is 6.19. The van der Waals surface area contributed by atoms with Crippen LogP contribution in [0.3, 0.4) is 0 Å². The van der Waals surface area contributed by atoms with E-state index in [-0.39, 0.29) is 11.7 Å². The second kappa shape index (κ2) is 11.4. The number of morpholine rings is 1. The van der Waals surface area contributed by atoms with Crippen molar-refractivity contribution in [3.63, 3.8) is 0 Å². The maximum Gasteiger partial charge on any atom is 0.253 e. The molecule has 2 saturated heterocycles. The van der Waals surface area contributed by atoms with Crippen molar-refractivity contribution in [1.29, 1.82) is 0 Å². The van der Waals surface area contributed by atoms with Crippen molar-refractivity contribution in [2.75, 3.05) is 52.5 Å². The first-order chi connectivity index (χ1) is 16.0. The van der Waals surface area contributed by atoms with Gasteiger partial charge in [-0.2, -0.15) is 0 Å². The van der Waals surface area contributed by atoms with Gasteiger partial charge >= 0.3 is 0 Å². The lowest BCUT2D eigenvalue weighted by atomic mass is 10.0. The molecule has 0 saturated carbocycles. The first kappa shape index (κ1) is 24.1. The van der Waals surface area contributed by atoms with Crippen molar-refractivity contribution in [2.45, 2.75) is 45.8 Å². The Morgan fingerprint density at radius 2 is 2.06 bits per heavy atom. The van der Waals surface area contributed by atoms with Crippen LogP contribution in [-0.4, -0.2) is 78.5 Å². The molecule has 4 rings (SSSR count). The highest BCUT2D eigenvalue weighted by atomic mass is 32.1. The third-order valence-corrected chi connectivity index (χ3v) is 6.92. The van der Waals surface area contributed by atoms with Crippen molar-refractivity contribution in [1.82, 2.24) is 20.1 Å². The second-order valence-electron chi connectivity index (χ2n) is 9.22. The van der Waals surface area contributed by atoms with Gasteiger partial charge in [0.1, 0.15) is 0 Å². The van der Waals surface area contributed by atoms with Gasteiger partial charge < -0.3 is 24.7 Å². The Morgan fingerprint density at radius 3 is 2.82 bits per heavy atom. The minimum Gasteiger partial charge on any atom is -0.379 e. The van der Waals surface area contributed by atoms with Gasteiger partial charge in [-0.25, -0.2) is 0 Å². The smallest absolute Gasteiger partial charge is 0.253 e. The fourth-order valence-electron chi connectivity index (χ4n) is 4.73. The van der Waals surface area contributed by atoms with Gasteiger partial charge in [0.15, 0.2) is 5.11 Å². The molecule has 1 aromatic heterocycles. The van der Waals surface area contributed by atoms with Crippen LogP contribution in [0.4, 0.5) is 0 Å². The van der Waals surface area contributed by atoms with E-state index in [1.54, 1.807) is 0 Å². The molecule has 0 spiro atoms. The van der Waals surface area contributed by atoms with E-state index in [1.807, 2.05) is 19.1 Å². The van der Waals surface area contributed by atoms with Crippen LogP contribution >= 0.6 is 12.2 Å². The average Bonchev–Trinajstić information content (AvgIpc) is 3.31. The SMILES string of the molecule is Cc1cc(C)c2cc(CN(CC3CCCO3)C(=S)NCCCN3CCOCC3)c(=O)[nH]c2c1. The molecule has 2 fully saturated rings. The molecular formula is C25H36N4O3S. The number of rotatable bonds is 8. The summed E-state index contributed by atoms with van der Waals surface area (Å²) >= 11 is 5.77. The number of hydrogen-bond acceptors (Lipinski definition) is 5. The Morgan fingerprint density at radius 1 is 1.24 bits per heavy atom. The molecule has 2 aliphatic heterocycles. The molecular weight excluding hydrogens is 436 g/mol. The largest absolute Gasteiger partial charge is 0.379 e. The lowest BCUT2D eigenvalue weighted by molar-refractivity contribution is 0.0375. The maximum atomic E-state index is 12.9. The van der Waals surface area contributed by atoms with Crippen molar-refractivity contribution in [3.05, 3.63) is 45.2 Å². The summed E-state index contributed by atoms with van der Waals surface area (Å²) < 4.78 is 11.3. The van der Waals surface area contributed by atoms with Gasteiger partial charge in [0.2, 0.25) is 0 Å². The van der Waals surface area contributed by atoms with Crippen molar-refractivity contribution in [2.24, 2.45) is 0 Å². The van der Waals surface area contributed by atoms with Crippen LogP contribution in [0.2, 0.25) is 0 Å². The highest BCUT2D eigenvalue weighted by Crippen LogP contribution is 2.20. The number of ether oxygens (including phenoxy) is 2. The molecule has 1 atom stereocenters. The molecule has 0 bridgehead atoms. The van der Waals surface area contributed by atoms with Crippen LogP contribution in [0.15, 0.2) is 23.0 Å². The van der Waals surface area contributed by atoms with E-state index >= 15 is 0 Å². The monoisotopic (exact) mass is 472 g/mol. The first-order valence-electron chi connectivity index (χ1n) is 12.1. The Hall–Kier alpha value is -2.00. The van der Waals surface area contributed by atoms with Crippen molar-refractivity contribution < 1.29 is 9.47 Å². The van der Waals surface area contributed by atoms with Crippen LogP contribution < -0.4 is 10.9 Å². The van der Waals surface area contributed by atoms with Gasteiger partial charge in [-0.05, 0) is 75.1 Å². The molecule has 0 radical (unpaired) electrons. The number of aromatic nitrogens is 1. The molecule has 180 valence electrons. The third kappa shape index (κ3) is 6.53. The van der Waals surface area contributed by atoms with Gasteiger partial charge in [0.25, 0.3) is 5.56 Å². The van der Waals surface area contributed by atoms with Crippen LogP contribution in [0.1, 0.15) is 36.0 Å². The van der Waals surface area contributed by atoms with E-state index in [4.69, 9.17) is 21.7 Å². The fourth-order valence-corrected chi connectivity index (χ4v) is 4.97. The number of fused-ring (bicyclic) bond motifs is 1. The first-order valence-corrected chi connectivity index (χ1v) is 12.5. The minimum absolute atomic E-state index is 0.0556. The minimum atomic E-state index is -0.0556. The van der Waals surface area contributed by atoms with Crippen LogP contribution in [0.25, 0.3) is 10.9 Å². The zero-order valence-corrected chi connectivity index (χ0v) is 20.6. The lowest BCUT2D eigenvalue weighted by Crippen LogP contribution is -2.45. The summed E-state index contributed by atoms with van der Waals surface area (Å²) in [5.41, 5.74) is 3.86. The van der Waals surface area contributed by atoms with Gasteiger partial charge in [-0.1, -0.05) is 6.07 Å². The zero-order chi connectivity index (χ0) is 23.2. The predicted octanol–water partition coefficient (Wildman–Crippen LogP) is 2.72. The van der Waals surface area contributed by atoms with E-state index in [2.05, 4.69) is 33.1 Å². The Balaban J connectivity index is 1.43. The number of hydrogen-bond donors (Lipinski definition) is 2. The highest BCUT2D eigenvalue weighted by Gasteiger charge is 2.22. The molecule has 0 aliphatic carbocycles. The predicted molar refractivity (Wildman–Crippen MR) is 136 cm³/mol. The molecule has 3 heterocycles. The van der Waals surface area contributed by atoms with E-state index in [1.165, 1.54) is 0 Å². The summed E-state index contributed by atoms with van der Waals surface area (Å²) in [5.74, 6) is 0. The van der Waals surface area contributed by atoms with Gasteiger partial charge in [-0.15, -0.1) is 0 Å². The number of nitrogens with one attached hydrogen (secondary N) is 2. The van der Waals surface area contributed by atoms with Crippen LogP contribution in [-0.2, 0) is 16.0 Å². The number of benzene rings is 1. The van der Waals surface area contributed by atoms with Crippen molar-refractivity contribution in [3.8, 4) is 0 Å². The fraction of sp³-hybridized carbons (Fsp3) is 0.600. The van der Waals surface area contributed by atoms with Gasteiger partial charge in [-0.3, -0.25) is 9.69 Å². The van der Waals surface area contributed by atoms with Gasteiger partial charge in [0, 0.05) is 49.3 Å². The van der Waals surface area contributed by atoms with E-state index in [0.29, 0.717) is 18.2 Å². The van der Waals surface area contributed by atoms with Crippen LogP contribution in [0, 0.1) is 13.8 Å². The van der Waals surface area contributed by atoms with Crippen molar-refractivity contribution >= 4 is 28.2 Å². The molecule has 1 aromatic carbocycles. The molecule has 33 heavy (non-hydrogen) atoms. The highest BCUT2D eigenvalue weighted by molar-refractivity contribution is 7.80. The summed E-state index contributed by atoms with van der Waals surface area (Å²) in [6.07, 6.45) is 3.28. The van der Waals surface area contributed by atoms with Crippen LogP contribution in [0.5, 0.6) is 0 Å². The third-order valence-electron chi connectivity index (χ3n) is 6.52.